The highest BCUT2D eigenvalue weighted by atomic mass is 79.9. The van der Waals surface area contributed by atoms with Crippen LogP contribution in [0, 0.1) is 0 Å². The minimum atomic E-state index is -1.28. The van der Waals surface area contributed by atoms with Gasteiger partial charge in [-0.25, -0.2) is 4.79 Å². The maximum Gasteiger partial charge on any atom is 0.326 e. The Hall–Kier alpha value is -2.09. The van der Waals surface area contributed by atoms with Gasteiger partial charge in [0.25, 0.3) is 5.91 Å². The van der Waals surface area contributed by atoms with Gasteiger partial charge in [-0.1, -0.05) is 15.9 Å². The molecule has 0 radical (unpaired) electrons. The fraction of sp³-hybridized carbons (Fsp3) is 0.308. The minimum absolute atomic E-state index is 0.0614. The summed E-state index contributed by atoms with van der Waals surface area (Å²) in [6, 6.07) is 2.96. The maximum absolute atomic E-state index is 12.0. The van der Waals surface area contributed by atoms with Gasteiger partial charge in [-0.15, -0.1) is 0 Å². The van der Waals surface area contributed by atoms with Crippen LogP contribution < -0.4 is 5.32 Å². The molecule has 0 heterocycles. The molecule has 1 amide bonds. The second-order valence-electron chi connectivity index (χ2n) is 4.14. The average molecular weight is 360 g/mol. The third-order valence-corrected chi connectivity index (χ3v) is 3.16. The number of carbonyl (C=O) groups excluding carboxylic acids is 2. The quantitative estimate of drug-likeness (QED) is 0.659. The van der Waals surface area contributed by atoms with Crippen molar-refractivity contribution in [2.75, 3.05) is 7.11 Å². The summed E-state index contributed by atoms with van der Waals surface area (Å²) in [5, 5.41) is 20.9. The van der Waals surface area contributed by atoms with Crippen LogP contribution in [0.3, 0.4) is 0 Å². The Morgan fingerprint density at radius 2 is 2.05 bits per heavy atom. The number of carbonyl (C=O) groups is 3. The van der Waals surface area contributed by atoms with Crippen molar-refractivity contribution in [1.29, 1.82) is 0 Å². The van der Waals surface area contributed by atoms with E-state index in [1.54, 1.807) is 0 Å². The van der Waals surface area contributed by atoms with Crippen molar-refractivity contribution in [2.24, 2.45) is 0 Å². The maximum atomic E-state index is 12.0. The fourth-order valence-corrected chi connectivity index (χ4v) is 1.91. The molecule has 0 unspecified atom stereocenters. The first kappa shape index (κ1) is 17.0. The summed E-state index contributed by atoms with van der Waals surface area (Å²) in [4.78, 5) is 34.1. The highest BCUT2D eigenvalue weighted by molar-refractivity contribution is 9.10. The Kier molecular flexibility index (Phi) is 6.16. The molecule has 114 valence electrons. The van der Waals surface area contributed by atoms with E-state index in [0.29, 0.717) is 4.47 Å². The number of carboxylic acids is 1. The SMILES string of the molecule is COC(=O)CC[C@@H](NC(=O)c1cc(Br)ccc1O)C(=O)O. The molecule has 0 bridgehead atoms. The van der Waals surface area contributed by atoms with Gasteiger partial charge in [-0.3, -0.25) is 9.59 Å². The number of benzene rings is 1. The summed E-state index contributed by atoms with van der Waals surface area (Å²) < 4.78 is 4.98. The number of rotatable bonds is 6. The molecule has 0 aliphatic rings. The van der Waals surface area contributed by atoms with Crippen LogP contribution in [0.4, 0.5) is 0 Å². The lowest BCUT2D eigenvalue weighted by molar-refractivity contribution is -0.142. The van der Waals surface area contributed by atoms with Crippen molar-refractivity contribution in [3.05, 3.63) is 28.2 Å². The summed E-state index contributed by atoms with van der Waals surface area (Å²) in [7, 11) is 1.19. The zero-order valence-electron chi connectivity index (χ0n) is 11.1. The normalized spacial score (nSPS) is 11.5. The number of ether oxygens (including phenoxy) is 1. The Balaban J connectivity index is 2.79. The van der Waals surface area contributed by atoms with Crippen molar-refractivity contribution in [2.45, 2.75) is 18.9 Å². The first-order chi connectivity index (χ1) is 9.85. The lowest BCUT2D eigenvalue weighted by Gasteiger charge is -2.14. The first-order valence-electron chi connectivity index (χ1n) is 5.94. The number of phenolic OH excluding ortho intramolecular Hbond substituents is 1. The van der Waals surface area contributed by atoms with E-state index in [1.165, 1.54) is 25.3 Å². The molecule has 0 saturated heterocycles. The van der Waals surface area contributed by atoms with E-state index in [9.17, 15) is 19.5 Å². The standard InChI is InChI=1S/C13H14BrNO6/c1-21-11(17)5-3-9(13(19)20)15-12(18)8-6-7(14)2-4-10(8)16/h2,4,6,9,16H,3,5H2,1H3,(H,15,18)(H,19,20)/t9-/m1/s1. The third-order valence-electron chi connectivity index (χ3n) is 2.67. The van der Waals surface area contributed by atoms with Crippen LogP contribution in [-0.2, 0) is 14.3 Å². The van der Waals surface area contributed by atoms with Crippen LogP contribution in [0.1, 0.15) is 23.2 Å². The smallest absolute Gasteiger partial charge is 0.326 e. The summed E-state index contributed by atoms with van der Waals surface area (Å²) >= 11 is 3.15. The number of halogens is 1. The number of phenols is 1. The Bertz CT molecular complexity index is 560. The molecule has 1 atom stereocenters. The van der Waals surface area contributed by atoms with E-state index in [1.807, 2.05) is 0 Å². The second kappa shape index (κ2) is 7.63. The first-order valence-corrected chi connectivity index (χ1v) is 6.73. The number of hydrogen-bond acceptors (Lipinski definition) is 5. The molecule has 1 rings (SSSR count). The summed E-state index contributed by atoms with van der Waals surface area (Å²) in [6.07, 6.45) is -0.249. The predicted octanol–water partition coefficient (Wildman–Crippen LogP) is 1.29. The number of methoxy groups -OCH3 is 1. The van der Waals surface area contributed by atoms with Crippen molar-refractivity contribution >= 4 is 33.8 Å². The average Bonchev–Trinajstić information content (AvgIpc) is 2.44. The van der Waals surface area contributed by atoms with E-state index in [-0.39, 0.29) is 24.2 Å². The number of hydrogen-bond donors (Lipinski definition) is 3. The number of nitrogens with one attached hydrogen (secondary N) is 1. The van der Waals surface area contributed by atoms with E-state index in [2.05, 4.69) is 26.0 Å². The van der Waals surface area contributed by atoms with Crippen LogP contribution in [-0.4, -0.2) is 41.2 Å². The molecule has 21 heavy (non-hydrogen) atoms. The highest BCUT2D eigenvalue weighted by Gasteiger charge is 2.23. The monoisotopic (exact) mass is 359 g/mol. The molecular formula is C13H14BrNO6. The van der Waals surface area contributed by atoms with Crippen molar-refractivity contribution < 1.29 is 29.3 Å². The highest BCUT2D eigenvalue weighted by Crippen LogP contribution is 2.21. The number of amides is 1. The third kappa shape index (κ3) is 5.07. The molecule has 0 aliphatic heterocycles. The molecular weight excluding hydrogens is 346 g/mol. The molecule has 0 spiro atoms. The Labute approximate surface area is 129 Å². The number of aromatic hydroxyl groups is 1. The fourth-order valence-electron chi connectivity index (χ4n) is 1.55. The topological polar surface area (TPSA) is 113 Å². The summed E-state index contributed by atoms with van der Waals surface area (Å²) in [6.45, 7) is 0. The number of esters is 1. The molecule has 0 aromatic heterocycles. The van der Waals surface area contributed by atoms with Crippen LogP contribution in [0.25, 0.3) is 0 Å². The molecule has 1 aromatic rings. The van der Waals surface area contributed by atoms with E-state index in [4.69, 9.17) is 5.11 Å². The van der Waals surface area contributed by atoms with Gasteiger partial charge in [-0.05, 0) is 24.6 Å². The number of aliphatic carboxylic acids is 1. The van der Waals surface area contributed by atoms with Crippen molar-refractivity contribution in [3.63, 3.8) is 0 Å². The van der Waals surface area contributed by atoms with Gasteiger partial charge in [0.15, 0.2) is 0 Å². The van der Waals surface area contributed by atoms with Crippen molar-refractivity contribution in [3.8, 4) is 5.75 Å². The van der Waals surface area contributed by atoms with E-state index in [0.717, 1.165) is 0 Å². The largest absolute Gasteiger partial charge is 0.507 e. The van der Waals surface area contributed by atoms with Gasteiger partial charge in [-0.2, -0.15) is 0 Å². The van der Waals surface area contributed by atoms with E-state index < -0.39 is 23.9 Å². The van der Waals surface area contributed by atoms with Crippen LogP contribution in [0.5, 0.6) is 5.75 Å². The van der Waals surface area contributed by atoms with Gasteiger partial charge in [0.2, 0.25) is 0 Å². The molecule has 8 heteroatoms. The molecule has 1 aromatic carbocycles. The molecule has 0 fully saturated rings. The zero-order valence-corrected chi connectivity index (χ0v) is 12.7. The lowest BCUT2D eigenvalue weighted by Crippen LogP contribution is -2.41. The van der Waals surface area contributed by atoms with Gasteiger partial charge >= 0.3 is 11.9 Å². The minimum Gasteiger partial charge on any atom is -0.507 e. The van der Waals surface area contributed by atoms with Crippen LogP contribution >= 0.6 is 15.9 Å². The van der Waals surface area contributed by atoms with E-state index >= 15 is 0 Å². The summed E-state index contributed by atoms with van der Waals surface area (Å²) in [5.41, 5.74) is -0.0614. The molecule has 0 saturated carbocycles. The predicted molar refractivity (Wildman–Crippen MR) is 75.9 cm³/mol. The van der Waals surface area contributed by atoms with Crippen LogP contribution in [0.15, 0.2) is 22.7 Å². The second-order valence-corrected chi connectivity index (χ2v) is 5.06. The lowest BCUT2D eigenvalue weighted by atomic mass is 10.1. The molecule has 7 nitrogen and oxygen atoms in total. The van der Waals surface area contributed by atoms with Gasteiger partial charge in [0, 0.05) is 10.9 Å². The Morgan fingerprint density at radius 3 is 2.62 bits per heavy atom. The zero-order chi connectivity index (χ0) is 16.0. The molecule has 3 N–H and O–H groups in total. The molecule has 0 aliphatic carbocycles. The number of carboxylic acid groups (broad SMARTS) is 1. The van der Waals surface area contributed by atoms with Crippen LogP contribution in [0.2, 0.25) is 0 Å². The van der Waals surface area contributed by atoms with Crippen molar-refractivity contribution in [1.82, 2.24) is 5.32 Å². The van der Waals surface area contributed by atoms with Gasteiger partial charge < -0.3 is 20.3 Å². The van der Waals surface area contributed by atoms with Gasteiger partial charge in [0.05, 0.1) is 12.7 Å². The summed E-state index contributed by atoms with van der Waals surface area (Å²) in [5.74, 6) is -2.86. The van der Waals surface area contributed by atoms with Gasteiger partial charge in [0.1, 0.15) is 11.8 Å². The Morgan fingerprint density at radius 1 is 1.38 bits per heavy atom.